The van der Waals surface area contributed by atoms with Crippen LogP contribution in [0.1, 0.15) is 25.7 Å². The Bertz CT molecular complexity index is 485. The van der Waals surface area contributed by atoms with Crippen LogP contribution in [0.25, 0.3) is 0 Å². The van der Waals surface area contributed by atoms with Gasteiger partial charge in [-0.3, -0.25) is 14.6 Å². The van der Waals surface area contributed by atoms with Gasteiger partial charge in [-0.15, -0.1) is 0 Å². The average Bonchev–Trinajstić information content (AvgIpc) is 2.39. The van der Waals surface area contributed by atoms with Crippen molar-refractivity contribution in [1.82, 2.24) is 4.98 Å². The van der Waals surface area contributed by atoms with Crippen LogP contribution in [0.15, 0.2) is 22.9 Å². The third kappa shape index (κ3) is 3.76. The molecule has 5 nitrogen and oxygen atoms in total. The molecule has 0 unspecified atom stereocenters. The molecule has 1 aromatic rings. The molecular formula is C13H15BrN2O3. The molecule has 1 saturated carbocycles. The van der Waals surface area contributed by atoms with E-state index in [0.29, 0.717) is 31.4 Å². The largest absolute Gasteiger partial charge is 0.481 e. The van der Waals surface area contributed by atoms with E-state index in [1.165, 1.54) is 0 Å². The van der Waals surface area contributed by atoms with Gasteiger partial charge in [-0.2, -0.15) is 0 Å². The first-order chi connectivity index (χ1) is 9.06. The molecule has 0 aromatic carbocycles. The monoisotopic (exact) mass is 326 g/mol. The van der Waals surface area contributed by atoms with E-state index in [-0.39, 0.29) is 17.7 Å². The van der Waals surface area contributed by atoms with Gasteiger partial charge in [0.2, 0.25) is 5.91 Å². The van der Waals surface area contributed by atoms with Gasteiger partial charge < -0.3 is 10.4 Å². The summed E-state index contributed by atoms with van der Waals surface area (Å²) >= 11 is 3.29. The minimum atomic E-state index is -0.755. The highest BCUT2D eigenvalue weighted by Gasteiger charge is 2.29. The van der Waals surface area contributed by atoms with Gasteiger partial charge in [0.15, 0.2) is 0 Å². The zero-order valence-corrected chi connectivity index (χ0v) is 11.9. The van der Waals surface area contributed by atoms with Gasteiger partial charge in [-0.05, 0) is 47.7 Å². The number of rotatable bonds is 3. The number of nitrogens with one attached hydrogen (secondary N) is 1. The van der Waals surface area contributed by atoms with Gasteiger partial charge in [0, 0.05) is 16.6 Å². The lowest BCUT2D eigenvalue weighted by atomic mass is 9.81. The van der Waals surface area contributed by atoms with Crippen molar-refractivity contribution in [2.24, 2.45) is 11.8 Å². The van der Waals surface area contributed by atoms with Crippen molar-refractivity contribution in [3.63, 3.8) is 0 Å². The van der Waals surface area contributed by atoms with Crippen LogP contribution in [-0.4, -0.2) is 22.0 Å². The second-order valence-corrected chi connectivity index (χ2v) is 5.68. The van der Waals surface area contributed by atoms with Crippen molar-refractivity contribution in [2.75, 3.05) is 5.32 Å². The van der Waals surface area contributed by atoms with E-state index in [4.69, 9.17) is 5.11 Å². The number of aliphatic carboxylic acids is 1. The van der Waals surface area contributed by atoms with Crippen LogP contribution < -0.4 is 5.32 Å². The van der Waals surface area contributed by atoms with E-state index in [1.54, 1.807) is 18.5 Å². The van der Waals surface area contributed by atoms with Crippen LogP contribution in [0.5, 0.6) is 0 Å². The molecule has 0 bridgehead atoms. The topological polar surface area (TPSA) is 79.3 Å². The molecule has 1 heterocycles. The fourth-order valence-electron chi connectivity index (χ4n) is 2.33. The van der Waals surface area contributed by atoms with Crippen LogP contribution in [0.3, 0.4) is 0 Å². The highest BCUT2D eigenvalue weighted by Crippen LogP contribution is 2.29. The normalized spacial score (nSPS) is 22.8. The Labute approximate surface area is 119 Å². The molecule has 2 rings (SSSR count). The van der Waals surface area contributed by atoms with Crippen LogP contribution in [-0.2, 0) is 9.59 Å². The lowest BCUT2D eigenvalue weighted by Gasteiger charge is -2.25. The summed E-state index contributed by atoms with van der Waals surface area (Å²) in [7, 11) is 0. The molecule has 0 radical (unpaired) electrons. The van der Waals surface area contributed by atoms with Crippen molar-refractivity contribution in [1.29, 1.82) is 0 Å². The van der Waals surface area contributed by atoms with Crippen LogP contribution >= 0.6 is 15.9 Å². The number of hydrogen-bond acceptors (Lipinski definition) is 3. The summed E-state index contributed by atoms with van der Waals surface area (Å²) in [6.45, 7) is 0. The number of anilines is 1. The molecule has 102 valence electrons. The summed E-state index contributed by atoms with van der Waals surface area (Å²) in [5, 5.41) is 11.7. The predicted molar refractivity (Wildman–Crippen MR) is 73.7 cm³/mol. The molecule has 1 aliphatic carbocycles. The Kier molecular flexibility index (Phi) is 4.52. The molecule has 2 N–H and O–H groups in total. The van der Waals surface area contributed by atoms with Crippen LogP contribution in [0, 0.1) is 11.8 Å². The van der Waals surface area contributed by atoms with E-state index in [9.17, 15) is 9.59 Å². The summed E-state index contributed by atoms with van der Waals surface area (Å²) in [6, 6.07) is 1.79. The summed E-state index contributed by atoms with van der Waals surface area (Å²) < 4.78 is 0.805. The number of aromatic nitrogens is 1. The van der Waals surface area contributed by atoms with Gasteiger partial charge in [0.1, 0.15) is 0 Å². The fourth-order valence-corrected chi connectivity index (χ4v) is 2.69. The lowest BCUT2D eigenvalue weighted by Crippen LogP contribution is -2.29. The highest BCUT2D eigenvalue weighted by molar-refractivity contribution is 9.10. The first kappa shape index (κ1) is 14.0. The lowest BCUT2D eigenvalue weighted by molar-refractivity contribution is -0.143. The Hall–Kier alpha value is -1.43. The number of carbonyl (C=O) groups excluding carboxylic acids is 1. The van der Waals surface area contributed by atoms with Crippen molar-refractivity contribution < 1.29 is 14.7 Å². The standard InChI is InChI=1S/C13H15BrN2O3/c14-10-5-11(7-15-6-10)16-12(17)8-1-3-9(4-2-8)13(18)19/h5-9H,1-4H2,(H,16,17)(H,18,19). The highest BCUT2D eigenvalue weighted by atomic mass is 79.9. The Balaban J connectivity index is 1.90. The van der Waals surface area contributed by atoms with Crippen LogP contribution in [0.4, 0.5) is 5.69 Å². The maximum Gasteiger partial charge on any atom is 0.306 e. The van der Waals surface area contributed by atoms with Gasteiger partial charge in [-0.1, -0.05) is 0 Å². The number of carbonyl (C=O) groups is 2. The smallest absolute Gasteiger partial charge is 0.306 e. The van der Waals surface area contributed by atoms with Gasteiger partial charge in [0.25, 0.3) is 0 Å². The minimum Gasteiger partial charge on any atom is -0.481 e. The molecule has 0 saturated heterocycles. The molecule has 0 aliphatic heterocycles. The van der Waals surface area contributed by atoms with Crippen molar-refractivity contribution >= 4 is 33.5 Å². The SMILES string of the molecule is O=C(O)C1CCC(C(=O)Nc2cncc(Br)c2)CC1. The van der Waals surface area contributed by atoms with Gasteiger partial charge in [0.05, 0.1) is 17.8 Å². The third-order valence-electron chi connectivity index (χ3n) is 3.42. The predicted octanol–water partition coefficient (Wildman–Crippen LogP) is 2.67. The summed E-state index contributed by atoms with van der Waals surface area (Å²) in [6.07, 6.45) is 5.64. The van der Waals surface area contributed by atoms with E-state index in [1.807, 2.05) is 0 Å². The maximum absolute atomic E-state index is 12.1. The van der Waals surface area contributed by atoms with E-state index in [2.05, 4.69) is 26.2 Å². The second kappa shape index (κ2) is 6.14. The molecule has 0 atom stereocenters. The Morgan fingerprint density at radius 2 is 1.84 bits per heavy atom. The molecular weight excluding hydrogens is 312 g/mol. The molecule has 1 fully saturated rings. The average molecular weight is 327 g/mol. The second-order valence-electron chi connectivity index (χ2n) is 4.77. The molecule has 1 aliphatic rings. The van der Waals surface area contributed by atoms with Crippen molar-refractivity contribution in [3.05, 3.63) is 22.9 Å². The molecule has 1 aromatic heterocycles. The zero-order chi connectivity index (χ0) is 13.8. The zero-order valence-electron chi connectivity index (χ0n) is 10.3. The van der Waals surface area contributed by atoms with E-state index >= 15 is 0 Å². The number of pyridine rings is 1. The third-order valence-corrected chi connectivity index (χ3v) is 3.85. The number of hydrogen-bond donors (Lipinski definition) is 2. The van der Waals surface area contributed by atoms with Crippen LogP contribution in [0.2, 0.25) is 0 Å². The molecule has 19 heavy (non-hydrogen) atoms. The molecule has 1 amide bonds. The quantitative estimate of drug-likeness (QED) is 0.894. The van der Waals surface area contributed by atoms with E-state index < -0.39 is 5.97 Å². The fraction of sp³-hybridized carbons (Fsp3) is 0.462. The number of carboxylic acids is 1. The Morgan fingerprint density at radius 3 is 2.42 bits per heavy atom. The van der Waals surface area contributed by atoms with E-state index in [0.717, 1.165) is 4.47 Å². The summed E-state index contributed by atoms with van der Waals surface area (Å²) in [5.74, 6) is -1.20. The number of amides is 1. The minimum absolute atomic E-state index is 0.0521. The van der Waals surface area contributed by atoms with Crippen molar-refractivity contribution in [3.8, 4) is 0 Å². The summed E-state index contributed by atoms with van der Waals surface area (Å²) in [4.78, 5) is 26.9. The number of nitrogens with zero attached hydrogens (tertiary/aromatic N) is 1. The summed E-state index contributed by atoms with van der Waals surface area (Å²) in [5.41, 5.74) is 0.653. The molecule has 0 spiro atoms. The first-order valence-corrected chi connectivity index (χ1v) is 7.00. The molecule has 6 heteroatoms. The maximum atomic E-state index is 12.1. The van der Waals surface area contributed by atoms with Crippen molar-refractivity contribution in [2.45, 2.75) is 25.7 Å². The number of halogens is 1. The first-order valence-electron chi connectivity index (χ1n) is 6.20. The number of carboxylic acid groups (broad SMARTS) is 1. The van der Waals surface area contributed by atoms with Gasteiger partial charge >= 0.3 is 5.97 Å². The Morgan fingerprint density at radius 1 is 1.21 bits per heavy atom. The van der Waals surface area contributed by atoms with Gasteiger partial charge in [-0.25, -0.2) is 0 Å².